The molecule has 1 atom stereocenters. The normalized spacial score (nSPS) is 13.1. The number of nitrogens with zero attached hydrogens (tertiary/aromatic N) is 1. The van der Waals surface area contributed by atoms with Crippen LogP contribution in [-0.4, -0.2) is 35.1 Å². The van der Waals surface area contributed by atoms with E-state index < -0.39 is 11.9 Å². The maximum atomic E-state index is 11.4. The van der Waals surface area contributed by atoms with Crippen molar-refractivity contribution in [3.63, 3.8) is 0 Å². The average molecular weight is 260 g/mol. The van der Waals surface area contributed by atoms with Crippen LogP contribution < -0.4 is 0 Å². The van der Waals surface area contributed by atoms with Crippen LogP contribution in [-0.2, 0) is 11.3 Å². The van der Waals surface area contributed by atoms with Crippen molar-refractivity contribution in [2.45, 2.75) is 25.8 Å². The molecule has 0 radical (unpaired) electrons. The topological polar surface area (TPSA) is 56.3 Å². The quantitative estimate of drug-likeness (QED) is 0.869. The molecule has 0 bridgehead atoms. The average Bonchev–Trinajstić information content (AvgIpc) is 2.68. The molecule has 2 rings (SSSR count). The van der Waals surface area contributed by atoms with Gasteiger partial charge in [0.25, 0.3) is 0 Å². The molecule has 0 amide bonds. The van der Waals surface area contributed by atoms with Crippen LogP contribution in [0.1, 0.15) is 30.5 Å². The van der Waals surface area contributed by atoms with Crippen LogP contribution in [0.15, 0.2) is 24.3 Å². The van der Waals surface area contributed by atoms with Crippen LogP contribution in [0, 0.1) is 0 Å². The maximum Gasteiger partial charge on any atom is 0.312 e. The monoisotopic (exact) mass is 260 g/mol. The van der Waals surface area contributed by atoms with Crippen molar-refractivity contribution in [2.24, 2.45) is 0 Å². The van der Waals surface area contributed by atoms with Crippen LogP contribution >= 0.6 is 0 Å². The number of aliphatic carboxylic acids is 1. The van der Waals surface area contributed by atoms with Gasteiger partial charge in [0.2, 0.25) is 0 Å². The number of hydrogen-bond donors (Lipinski definition) is 2. The minimum atomic E-state index is -0.769. The summed E-state index contributed by atoms with van der Waals surface area (Å²) in [5, 5.41) is 10.5. The number of aromatic nitrogens is 1. The maximum absolute atomic E-state index is 11.4. The highest BCUT2D eigenvalue weighted by molar-refractivity contribution is 5.87. The lowest BCUT2D eigenvalue weighted by molar-refractivity contribution is -0.138. The highest BCUT2D eigenvalue weighted by atomic mass is 16.4. The number of hydrogen-bond acceptors (Lipinski definition) is 2. The molecule has 2 aromatic rings. The smallest absolute Gasteiger partial charge is 0.312 e. The van der Waals surface area contributed by atoms with Crippen molar-refractivity contribution in [2.75, 3.05) is 14.1 Å². The summed E-state index contributed by atoms with van der Waals surface area (Å²) < 4.78 is 0. The molecule has 0 aliphatic rings. The molecule has 4 nitrogen and oxygen atoms in total. The van der Waals surface area contributed by atoms with E-state index in [0.29, 0.717) is 6.42 Å². The molecule has 102 valence electrons. The molecule has 1 heterocycles. The second-order valence-electron chi connectivity index (χ2n) is 5.10. The Morgan fingerprint density at radius 3 is 2.63 bits per heavy atom. The van der Waals surface area contributed by atoms with E-state index in [-0.39, 0.29) is 0 Å². The molecule has 1 unspecified atom stereocenters. The first-order chi connectivity index (χ1) is 9.04. The predicted octanol–water partition coefficient (Wildman–Crippen LogP) is 2.81. The SMILES string of the molecule is CCC(C(=O)O)c1[nH]c2ccccc2c1CN(C)C. The summed E-state index contributed by atoms with van der Waals surface area (Å²) in [5.74, 6) is -1.24. The number of para-hydroxylation sites is 1. The van der Waals surface area contributed by atoms with Crippen molar-refractivity contribution in [3.05, 3.63) is 35.5 Å². The summed E-state index contributed by atoms with van der Waals surface area (Å²) >= 11 is 0. The van der Waals surface area contributed by atoms with Gasteiger partial charge >= 0.3 is 5.97 Å². The first kappa shape index (κ1) is 13.6. The first-order valence-electron chi connectivity index (χ1n) is 6.51. The third kappa shape index (κ3) is 2.63. The van der Waals surface area contributed by atoms with Crippen molar-refractivity contribution < 1.29 is 9.90 Å². The van der Waals surface area contributed by atoms with Gasteiger partial charge in [0.05, 0.1) is 5.92 Å². The highest BCUT2D eigenvalue weighted by Crippen LogP contribution is 2.30. The number of carbonyl (C=O) groups is 1. The van der Waals surface area contributed by atoms with Gasteiger partial charge in [0.1, 0.15) is 0 Å². The van der Waals surface area contributed by atoms with Gasteiger partial charge in [0.15, 0.2) is 0 Å². The Kier molecular flexibility index (Phi) is 3.90. The minimum absolute atomic E-state index is 0.470. The number of fused-ring (bicyclic) bond motifs is 1. The zero-order valence-electron chi connectivity index (χ0n) is 11.6. The zero-order chi connectivity index (χ0) is 14.0. The van der Waals surface area contributed by atoms with Gasteiger partial charge in [-0.1, -0.05) is 25.1 Å². The fraction of sp³-hybridized carbons (Fsp3) is 0.400. The van der Waals surface area contributed by atoms with Gasteiger partial charge in [-0.3, -0.25) is 4.79 Å². The first-order valence-corrected chi connectivity index (χ1v) is 6.51. The standard InChI is InChI=1S/C15H20N2O2/c1-4-10(15(18)19)14-12(9-17(2)3)11-7-5-6-8-13(11)16-14/h5-8,10,16H,4,9H2,1-3H3,(H,18,19). The number of H-pyrrole nitrogens is 1. The van der Waals surface area contributed by atoms with E-state index in [2.05, 4.69) is 9.88 Å². The molecular weight excluding hydrogens is 240 g/mol. The molecule has 0 aliphatic carbocycles. The molecule has 0 spiro atoms. The third-order valence-electron chi connectivity index (χ3n) is 3.38. The second kappa shape index (κ2) is 5.45. The Labute approximate surface area is 113 Å². The molecule has 0 fully saturated rings. The largest absolute Gasteiger partial charge is 0.481 e. The fourth-order valence-corrected chi connectivity index (χ4v) is 2.51. The zero-order valence-corrected chi connectivity index (χ0v) is 11.6. The summed E-state index contributed by atoms with van der Waals surface area (Å²) in [5.41, 5.74) is 2.94. The van der Waals surface area contributed by atoms with Crippen LogP contribution in [0.25, 0.3) is 10.9 Å². The third-order valence-corrected chi connectivity index (χ3v) is 3.38. The Balaban J connectivity index is 2.61. The fourth-order valence-electron chi connectivity index (χ4n) is 2.51. The number of rotatable bonds is 5. The van der Waals surface area contributed by atoms with Gasteiger partial charge in [-0.2, -0.15) is 0 Å². The molecule has 1 aromatic heterocycles. The Morgan fingerprint density at radius 2 is 2.05 bits per heavy atom. The van der Waals surface area contributed by atoms with Crippen LogP contribution in [0.4, 0.5) is 0 Å². The molecule has 0 saturated heterocycles. The van der Waals surface area contributed by atoms with Crippen molar-refractivity contribution in [3.8, 4) is 0 Å². The lowest BCUT2D eigenvalue weighted by atomic mass is 9.97. The molecule has 4 heteroatoms. The van der Waals surface area contributed by atoms with E-state index in [0.717, 1.165) is 28.7 Å². The Bertz CT molecular complexity index is 587. The van der Waals surface area contributed by atoms with E-state index in [1.165, 1.54) is 0 Å². The molecule has 0 aliphatic heterocycles. The summed E-state index contributed by atoms with van der Waals surface area (Å²) in [6.07, 6.45) is 0.586. The lowest BCUT2D eigenvalue weighted by Crippen LogP contribution is -2.16. The van der Waals surface area contributed by atoms with Crippen molar-refractivity contribution in [1.82, 2.24) is 9.88 Å². The van der Waals surface area contributed by atoms with Crippen LogP contribution in [0.5, 0.6) is 0 Å². The highest BCUT2D eigenvalue weighted by Gasteiger charge is 2.24. The molecular formula is C15H20N2O2. The number of nitrogens with one attached hydrogen (secondary N) is 1. The summed E-state index contributed by atoms with van der Waals surface area (Å²) in [7, 11) is 3.99. The molecule has 2 N–H and O–H groups in total. The molecule has 1 aromatic carbocycles. The molecule has 0 saturated carbocycles. The second-order valence-corrected chi connectivity index (χ2v) is 5.10. The van der Waals surface area contributed by atoms with Crippen LogP contribution in [0.3, 0.4) is 0 Å². The predicted molar refractivity (Wildman–Crippen MR) is 76.4 cm³/mol. The van der Waals surface area contributed by atoms with E-state index in [1.807, 2.05) is 45.3 Å². The summed E-state index contributed by atoms with van der Waals surface area (Å²) in [4.78, 5) is 16.8. The van der Waals surface area contributed by atoms with E-state index in [1.54, 1.807) is 0 Å². The van der Waals surface area contributed by atoms with Gasteiger partial charge in [0, 0.05) is 23.1 Å². The Hall–Kier alpha value is -1.81. The van der Waals surface area contributed by atoms with Crippen molar-refractivity contribution >= 4 is 16.9 Å². The van der Waals surface area contributed by atoms with Gasteiger partial charge in [-0.15, -0.1) is 0 Å². The minimum Gasteiger partial charge on any atom is -0.481 e. The van der Waals surface area contributed by atoms with E-state index in [4.69, 9.17) is 0 Å². The Morgan fingerprint density at radius 1 is 1.37 bits per heavy atom. The number of carboxylic acid groups (broad SMARTS) is 1. The summed E-state index contributed by atoms with van der Waals surface area (Å²) in [6.45, 7) is 2.65. The van der Waals surface area contributed by atoms with Crippen LogP contribution in [0.2, 0.25) is 0 Å². The van der Waals surface area contributed by atoms with E-state index >= 15 is 0 Å². The van der Waals surface area contributed by atoms with Crippen molar-refractivity contribution in [1.29, 1.82) is 0 Å². The van der Waals surface area contributed by atoms with Gasteiger partial charge < -0.3 is 15.0 Å². The lowest BCUT2D eigenvalue weighted by Gasteiger charge is -2.15. The van der Waals surface area contributed by atoms with E-state index in [9.17, 15) is 9.90 Å². The number of benzene rings is 1. The van der Waals surface area contributed by atoms with Gasteiger partial charge in [-0.25, -0.2) is 0 Å². The molecule has 19 heavy (non-hydrogen) atoms. The number of aromatic amines is 1. The van der Waals surface area contributed by atoms with Gasteiger partial charge in [-0.05, 0) is 32.1 Å². The summed E-state index contributed by atoms with van der Waals surface area (Å²) in [6, 6.07) is 7.99. The number of carboxylic acids is 1.